The number of carbonyl (C=O) groups is 2. The van der Waals surface area contributed by atoms with E-state index in [9.17, 15) is 9.59 Å². The molecule has 52 heavy (non-hydrogen) atoms. The minimum absolute atomic E-state index is 0.193. The van der Waals surface area contributed by atoms with Crippen LogP contribution < -0.4 is 0 Å². The molecule has 2 N–H and O–H groups in total. The molecule has 0 spiro atoms. The molecule has 0 fully saturated rings. The summed E-state index contributed by atoms with van der Waals surface area (Å²) in [5.74, 6) is -0.563. The Hall–Kier alpha value is -5.06. The van der Waals surface area contributed by atoms with Crippen molar-refractivity contribution < 1.29 is 19.1 Å². The number of ether oxygens (including phenoxy) is 2. The van der Waals surface area contributed by atoms with Gasteiger partial charge in [0.05, 0.1) is 22.8 Å². The number of H-pyrrole nitrogens is 2. The van der Waals surface area contributed by atoms with Gasteiger partial charge in [0, 0.05) is 46.0 Å². The summed E-state index contributed by atoms with van der Waals surface area (Å²) in [6.45, 7) is 20.2. The topological polar surface area (TPSA) is 116 Å². The van der Waals surface area contributed by atoms with Crippen molar-refractivity contribution in [3.8, 4) is 0 Å². The lowest BCUT2D eigenvalue weighted by atomic mass is 9.98. The maximum atomic E-state index is 13.0. The first-order chi connectivity index (χ1) is 24.6. The molecule has 10 heteroatoms. The van der Waals surface area contributed by atoms with Gasteiger partial charge >= 0.3 is 11.9 Å². The molecule has 5 rings (SSSR count). The van der Waals surface area contributed by atoms with Crippen LogP contribution in [0.5, 0.6) is 0 Å². The van der Waals surface area contributed by atoms with Crippen LogP contribution in [0.3, 0.4) is 0 Å². The van der Waals surface area contributed by atoms with Crippen LogP contribution in [-0.4, -0.2) is 82.3 Å². The van der Waals surface area contributed by atoms with Crippen LogP contribution in [0.15, 0.2) is 37.4 Å². The average Bonchev–Trinajstić information content (AvgIpc) is 3.75. The van der Waals surface area contributed by atoms with Gasteiger partial charge in [-0.05, 0) is 140 Å². The number of aromatic amines is 2. The van der Waals surface area contributed by atoms with Crippen molar-refractivity contribution in [3.05, 3.63) is 82.5 Å². The Balaban J connectivity index is 1.75. The molecule has 0 radical (unpaired) electrons. The fourth-order valence-corrected chi connectivity index (χ4v) is 6.47. The Labute approximate surface area is 307 Å². The number of allylic oxidation sites excluding steroid dienone is 4. The van der Waals surface area contributed by atoms with E-state index in [0.29, 0.717) is 12.8 Å². The molecule has 2 atom stereocenters. The highest BCUT2D eigenvalue weighted by Gasteiger charge is 2.24. The van der Waals surface area contributed by atoms with Crippen LogP contribution in [0.25, 0.3) is 56.5 Å². The standard InChI is InChI=1S/C42H52N6O4/c1-13-29-23(3)33-19-34-25(5)31(15-17-41(49)51-27(7)47(9)10)39(45-34)22-40-32(16-18-42(50)52-28(8)48(11)12)26(6)36(46-40)21-38-30(14-2)24(4)35(44-38)20-37(29)43-33/h13-14,19-22,27-28,43-44H,1-2,15-18H2,3-12H3. The van der Waals surface area contributed by atoms with Gasteiger partial charge < -0.3 is 19.4 Å². The molecule has 0 aromatic carbocycles. The normalized spacial score (nSPS) is 14.2. The van der Waals surface area contributed by atoms with Gasteiger partial charge in [-0.2, -0.15) is 0 Å². The number of nitrogens with one attached hydrogen (secondary N) is 2. The fraction of sp³-hybridized carbons (Fsp3) is 0.381. The van der Waals surface area contributed by atoms with Gasteiger partial charge in [0.25, 0.3) is 0 Å². The highest BCUT2D eigenvalue weighted by Crippen LogP contribution is 2.38. The second-order valence-electron chi connectivity index (χ2n) is 14.0. The second kappa shape index (κ2) is 15.7. The molecular formula is C42H52N6O4. The number of hydrogen-bond donors (Lipinski definition) is 2. The summed E-state index contributed by atoms with van der Waals surface area (Å²) in [6.07, 6.45) is 4.31. The molecule has 8 bridgehead atoms. The van der Waals surface area contributed by atoms with E-state index in [0.717, 1.165) is 89.4 Å². The summed E-state index contributed by atoms with van der Waals surface area (Å²) >= 11 is 0. The summed E-state index contributed by atoms with van der Waals surface area (Å²) in [4.78, 5) is 47.1. The van der Waals surface area contributed by atoms with Crippen molar-refractivity contribution >= 4 is 68.4 Å². The number of hydrogen-bond acceptors (Lipinski definition) is 8. The van der Waals surface area contributed by atoms with Crippen LogP contribution >= 0.6 is 0 Å². The predicted molar refractivity (Wildman–Crippen MR) is 213 cm³/mol. The Morgan fingerprint density at radius 1 is 0.654 bits per heavy atom. The predicted octanol–water partition coefficient (Wildman–Crippen LogP) is 8.54. The average molecular weight is 705 g/mol. The third kappa shape index (κ3) is 7.88. The van der Waals surface area contributed by atoms with Gasteiger partial charge in [-0.3, -0.25) is 19.4 Å². The molecule has 0 aliphatic carbocycles. The Bertz CT molecular complexity index is 2160. The Kier molecular flexibility index (Phi) is 11.5. The third-order valence-corrected chi connectivity index (χ3v) is 10.3. The van der Waals surface area contributed by atoms with E-state index in [2.05, 4.69) is 49.1 Å². The van der Waals surface area contributed by atoms with Gasteiger partial charge in [-0.1, -0.05) is 25.3 Å². The molecule has 10 nitrogen and oxygen atoms in total. The number of carbonyl (C=O) groups excluding carboxylic acids is 2. The smallest absolute Gasteiger partial charge is 0.307 e. The van der Waals surface area contributed by atoms with Gasteiger partial charge in [0.15, 0.2) is 12.5 Å². The van der Waals surface area contributed by atoms with E-state index in [1.807, 2.05) is 90.0 Å². The van der Waals surface area contributed by atoms with Crippen molar-refractivity contribution in [2.75, 3.05) is 28.2 Å². The summed E-state index contributed by atoms with van der Waals surface area (Å²) in [5, 5.41) is 0. The lowest BCUT2D eigenvalue weighted by Gasteiger charge is -2.20. The van der Waals surface area contributed by atoms with Gasteiger partial charge in [-0.15, -0.1) is 0 Å². The molecule has 274 valence electrons. The minimum atomic E-state index is -0.341. The Morgan fingerprint density at radius 2 is 1.04 bits per heavy atom. The van der Waals surface area contributed by atoms with Gasteiger partial charge in [0.1, 0.15) is 0 Å². The van der Waals surface area contributed by atoms with Crippen LogP contribution in [0, 0.1) is 13.8 Å². The first kappa shape index (κ1) is 38.2. The summed E-state index contributed by atoms with van der Waals surface area (Å²) < 4.78 is 11.3. The van der Waals surface area contributed by atoms with Crippen molar-refractivity contribution in [2.24, 2.45) is 0 Å². The van der Waals surface area contributed by atoms with Crippen molar-refractivity contribution in [3.63, 3.8) is 0 Å². The van der Waals surface area contributed by atoms with E-state index in [1.165, 1.54) is 0 Å². The Morgan fingerprint density at radius 3 is 1.44 bits per heavy atom. The van der Waals surface area contributed by atoms with Gasteiger partial charge in [0.2, 0.25) is 0 Å². The maximum absolute atomic E-state index is 13.0. The quantitative estimate of drug-likeness (QED) is 0.142. The zero-order chi connectivity index (χ0) is 38.0. The van der Waals surface area contributed by atoms with Crippen LogP contribution in [-0.2, 0) is 19.1 Å². The number of rotatable bonds is 12. The summed E-state index contributed by atoms with van der Waals surface area (Å²) in [7, 11) is 7.49. The lowest BCUT2D eigenvalue weighted by molar-refractivity contribution is -0.156. The number of fused-ring (bicyclic) bond motifs is 8. The summed E-state index contributed by atoms with van der Waals surface area (Å²) in [5.41, 5.74) is 14.6. The number of aromatic nitrogens is 4. The van der Waals surface area contributed by atoms with E-state index < -0.39 is 0 Å². The van der Waals surface area contributed by atoms with E-state index >= 15 is 0 Å². The van der Waals surface area contributed by atoms with Crippen molar-refractivity contribution in [1.82, 2.24) is 29.7 Å². The van der Waals surface area contributed by atoms with Crippen molar-refractivity contribution in [1.29, 1.82) is 0 Å². The van der Waals surface area contributed by atoms with Gasteiger partial charge in [-0.25, -0.2) is 9.97 Å². The number of esters is 2. The number of nitrogens with zero attached hydrogens (tertiary/aromatic N) is 4. The van der Waals surface area contributed by atoms with E-state index in [1.54, 1.807) is 0 Å². The minimum Gasteiger partial charge on any atom is -0.447 e. The molecule has 3 aromatic heterocycles. The monoisotopic (exact) mass is 704 g/mol. The second-order valence-corrected chi connectivity index (χ2v) is 14.0. The van der Waals surface area contributed by atoms with E-state index in [4.69, 9.17) is 19.4 Å². The molecule has 2 unspecified atom stereocenters. The fourth-order valence-electron chi connectivity index (χ4n) is 6.47. The number of aryl methyl sites for hydroxylation is 2. The first-order valence-corrected chi connectivity index (χ1v) is 17.8. The maximum Gasteiger partial charge on any atom is 0.307 e. The molecule has 3 aromatic rings. The molecular weight excluding hydrogens is 652 g/mol. The largest absolute Gasteiger partial charge is 0.447 e. The van der Waals surface area contributed by atoms with Crippen LogP contribution in [0.4, 0.5) is 0 Å². The molecule has 0 saturated heterocycles. The van der Waals surface area contributed by atoms with E-state index in [-0.39, 0.29) is 37.2 Å². The molecule has 0 saturated carbocycles. The highest BCUT2D eigenvalue weighted by molar-refractivity contribution is 5.97. The third-order valence-electron chi connectivity index (χ3n) is 10.3. The summed E-state index contributed by atoms with van der Waals surface area (Å²) in [6, 6.07) is 8.19. The SMILES string of the molecule is C=Cc1c(C)c2cc3[nH]c(cc4nc(cc5nc(cc1[nH]2)C(C)=C5CCC(=O)OC(C)N(C)C)C(CCC(=O)OC(C)N(C)C)=C4C)c(C)c3C=C. The lowest BCUT2D eigenvalue weighted by Crippen LogP contribution is -2.29. The molecule has 0 amide bonds. The highest BCUT2D eigenvalue weighted by atomic mass is 16.6. The zero-order valence-corrected chi connectivity index (χ0v) is 32.3. The van der Waals surface area contributed by atoms with Crippen LogP contribution in [0.2, 0.25) is 0 Å². The molecule has 2 aliphatic heterocycles. The van der Waals surface area contributed by atoms with Crippen LogP contribution in [0.1, 0.15) is 98.4 Å². The molecule has 2 aliphatic rings. The zero-order valence-electron chi connectivity index (χ0n) is 32.3. The first-order valence-electron chi connectivity index (χ1n) is 17.8. The molecule has 5 heterocycles. The van der Waals surface area contributed by atoms with Crippen molar-refractivity contribution in [2.45, 2.75) is 79.7 Å².